The lowest BCUT2D eigenvalue weighted by Gasteiger charge is -2.15. The molecule has 10 heteroatoms. The van der Waals surface area contributed by atoms with Crippen molar-refractivity contribution < 1.29 is 23.6 Å². The van der Waals surface area contributed by atoms with Gasteiger partial charge in [-0.25, -0.2) is 4.39 Å². The zero-order valence-corrected chi connectivity index (χ0v) is 14.1. The average molecular weight is 382 g/mol. The molecule has 0 saturated carbocycles. The molecule has 26 heavy (non-hydrogen) atoms. The maximum Gasteiger partial charge on any atom is 0.279 e. The van der Waals surface area contributed by atoms with Gasteiger partial charge in [0.15, 0.2) is 17.7 Å². The van der Waals surface area contributed by atoms with Crippen LogP contribution in [0.3, 0.4) is 0 Å². The second kappa shape index (κ2) is 8.26. The van der Waals surface area contributed by atoms with Gasteiger partial charge in [-0.15, -0.1) is 0 Å². The van der Waals surface area contributed by atoms with Crippen molar-refractivity contribution in [3.8, 4) is 5.75 Å². The van der Waals surface area contributed by atoms with E-state index in [-0.39, 0.29) is 22.0 Å². The first-order valence-corrected chi connectivity index (χ1v) is 7.62. The number of hydrogen-bond donors (Lipinski definition) is 2. The summed E-state index contributed by atoms with van der Waals surface area (Å²) in [5.41, 5.74) is 3.63. The summed E-state index contributed by atoms with van der Waals surface area (Å²) in [5.74, 6) is -2.38. The van der Waals surface area contributed by atoms with Crippen LogP contribution in [0.5, 0.6) is 5.75 Å². The Balaban J connectivity index is 1.98. The molecule has 1 atom stereocenters. The van der Waals surface area contributed by atoms with Crippen LogP contribution in [0, 0.1) is 15.9 Å². The number of nitrogens with one attached hydrogen (secondary N) is 2. The van der Waals surface area contributed by atoms with Gasteiger partial charge in [-0.2, -0.15) is 0 Å². The first-order chi connectivity index (χ1) is 12.3. The van der Waals surface area contributed by atoms with Gasteiger partial charge in [-0.1, -0.05) is 23.7 Å². The topological polar surface area (TPSA) is 111 Å². The number of hydrogen-bond acceptors (Lipinski definition) is 5. The van der Waals surface area contributed by atoms with Crippen LogP contribution in [-0.2, 0) is 4.79 Å². The number of carbonyl (C=O) groups excluding carboxylic acids is 2. The monoisotopic (exact) mass is 381 g/mol. The molecule has 0 spiro atoms. The minimum atomic E-state index is -1.12. The van der Waals surface area contributed by atoms with Crippen molar-refractivity contribution in [3.63, 3.8) is 0 Å². The van der Waals surface area contributed by atoms with Crippen molar-refractivity contribution >= 4 is 29.1 Å². The highest BCUT2D eigenvalue weighted by atomic mass is 35.5. The van der Waals surface area contributed by atoms with Crippen LogP contribution in [-0.4, -0.2) is 22.8 Å². The lowest BCUT2D eigenvalue weighted by atomic mass is 10.2. The molecule has 0 fully saturated rings. The molecule has 0 radical (unpaired) electrons. The van der Waals surface area contributed by atoms with Gasteiger partial charge in [-0.05, 0) is 25.1 Å². The molecule has 0 aromatic heterocycles. The zero-order chi connectivity index (χ0) is 19.3. The summed E-state index contributed by atoms with van der Waals surface area (Å²) >= 11 is 5.84. The Morgan fingerprint density at radius 1 is 1.23 bits per heavy atom. The van der Waals surface area contributed by atoms with Gasteiger partial charge in [-0.3, -0.25) is 30.6 Å². The Morgan fingerprint density at radius 2 is 1.92 bits per heavy atom. The molecule has 0 aliphatic rings. The molecule has 0 aliphatic heterocycles. The third-order valence-electron chi connectivity index (χ3n) is 3.21. The van der Waals surface area contributed by atoms with E-state index >= 15 is 0 Å². The predicted molar refractivity (Wildman–Crippen MR) is 90.2 cm³/mol. The van der Waals surface area contributed by atoms with Gasteiger partial charge < -0.3 is 4.74 Å². The SMILES string of the molecule is C[C@H](Oc1ccccc1F)C(=O)NNC(=O)c1cc([N+](=O)[O-])ccc1Cl. The number of nitro groups is 1. The summed E-state index contributed by atoms with van der Waals surface area (Å²) < 4.78 is 18.7. The van der Waals surface area contributed by atoms with Crippen molar-refractivity contribution in [3.05, 3.63) is 69.0 Å². The summed E-state index contributed by atoms with van der Waals surface area (Å²) in [6.45, 7) is 1.36. The van der Waals surface area contributed by atoms with Crippen molar-refractivity contribution in [2.75, 3.05) is 0 Å². The fourth-order valence-electron chi connectivity index (χ4n) is 1.87. The smallest absolute Gasteiger partial charge is 0.279 e. The van der Waals surface area contributed by atoms with Crippen molar-refractivity contribution in [2.45, 2.75) is 13.0 Å². The van der Waals surface area contributed by atoms with E-state index in [0.29, 0.717) is 0 Å². The van der Waals surface area contributed by atoms with Gasteiger partial charge in [0.05, 0.1) is 15.5 Å². The number of halogens is 2. The number of ether oxygens (including phenoxy) is 1. The number of non-ortho nitro benzene ring substituents is 1. The van der Waals surface area contributed by atoms with Crippen molar-refractivity contribution in [2.24, 2.45) is 0 Å². The van der Waals surface area contributed by atoms with E-state index < -0.39 is 28.7 Å². The first-order valence-electron chi connectivity index (χ1n) is 7.25. The Morgan fingerprint density at radius 3 is 2.58 bits per heavy atom. The van der Waals surface area contributed by atoms with Crippen LogP contribution >= 0.6 is 11.6 Å². The van der Waals surface area contributed by atoms with Crippen LogP contribution in [0.4, 0.5) is 10.1 Å². The van der Waals surface area contributed by atoms with Gasteiger partial charge in [0.2, 0.25) is 0 Å². The second-order valence-corrected chi connectivity index (χ2v) is 5.46. The molecule has 0 heterocycles. The third-order valence-corrected chi connectivity index (χ3v) is 3.54. The van der Waals surface area contributed by atoms with E-state index in [1.165, 1.54) is 37.3 Å². The average Bonchev–Trinajstić information content (AvgIpc) is 2.61. The predicted octanol–water partition coefficient (Wildman–Crippen LogP) is 2.62. The Kier molecular flexibility index (Phi) is 6.07. The number of nitro benzene ring substituents is 1. The van der Waals surface area contributed by atoms with Crippen LogP contribution in [0.25, 0.3) is 0 Å². The summed E-state index contributed by atoms with van der Waals surface area (Å²) in [7, 11) is 0. The zero-order valence-electron chi connectivity index (χ0n) is 13.4. The molecule has 2 aromatic rings. The highest BCUT2D eigenvalue weighted by Gasteiger charge is 2.19. The van der Waals surface area contributed by atoms with E-state index in [1.807, 2.05) is 0 Å². The van der Waals surface area contributed by atoms with E-state index in [2.05, 4.69) is 10.9 Å². The second-order valence-electron chi connectivity index (χ2n) is 5.06. The highest BCUT2D eigenvalue weighted by Crippen LogP contribution is 2.22. The Hall–Kier alpha value is -3.20. The maximum absolute atomic E-state index is 13.5. The molecular weight excluding hydrogens is 369 g/mol. The number of benzene rings is 2. The van der Waals surface area contributed by atoms with Crippen LogP contribution in [0.2, 0.25) is 5.02 Å². The number of nitrogens with zero attached hydrogens (tertiary/aromatic N) is 1. The van der Waals surface area contributed by atoms with Gasteiger partial charge in [0.25, 0.3) is 17.5 Å². The summed E-state index contributed by atoms with van der Waals surface area (Å²) in [6.07, 6.45) is -1.12. The standard InChI is InChI=1S/C16H13ClFN3O5/c1-9(26-14-5-3-2-4-13(14)18)15(22)19-20-16(23)11-8-10(21(24)25)6-7-12(11)17/h2-9H,1H3,(H,19,22)(H,20,23)/t9-/m0/s1. The minimum Gasteiger partial charge on any atom is -0.478 e. The van der Waals surface area contributed by atoms with E-state index in [4.69, 9.17) is 16.3 Å². The molecule has 2 N–H and O–H groups in total. The molecule has 0 aliphatic carbocycles. The van der Waals surface area contributed by atoms with Gasteiger partial charge in [0.1, 0.15) is 0 Å². The number of carbonyl (C=O) groups is 2. The van der Waals surface area contributed by atoms with Gasteiger partial charge in [0, 0.05) is 12.1 Å². The Bertz CT molecular complexity index is 862. The molecule has 0 unspecified atom stereocenters. The molecule has 2 rings (SSSR count). The fraction of sp³-hybridized carbons (Fsp3) is 0.125. The lowest BCUT2D eigenvalue weighted by Crippen LogP contribution is -2.47. The van der Waals surface area contributed by atoms with E-state index in [0.717, 1.165) is 12.1 Å². The number of para-hydroxylation sites is 1. The molecular formula is C16H13ClFN3O5. The van der Waals surface area contributed by atoms with Crippen LogP contribution in [0.1, 0.15) is 17.3 Å². The van der Waals surface area contributed by atoms with Crippen molar-refractivity contribution in [1.82, 2.24) is 10.9 Å². The minimum absolute atomic E-state index is 0.0296. The highest BCUT2D eigenvalue weighted by molar-refractivity contribution is 6.34. The quantitative estimate of drug-likeness (QED) is 0.611. The maximum atomic E-state index is 13.5. The fourth-order valence-corrected chi connectivity index (χ4v) is 2.08. The molecule has 2 aromatic carbocycles. The largest absolute Gasteiger partial charge is 0.478 e. The van der Waals surface area contributed by atoms with E-state index in [9.17, 15) is 24.1 Å². The first kappa shape index (κ1) is 19.1. The van der Waals surface area contributed by atoms with E-state index in [1.54, 1.807) is 0 Å². The van der Waals surface area contributed by atoms with Crippen molar-refractivity contribution in [1.29, 1.82) is 0 Å². The number of rotatable bonds is 5. The van der Waals surface area contributed by atoms with Crippen LogP contribution in [0.15, 0.2) is 42.5 Å². The normalized spacial score (nSPS) is 11.3. The third kappa shape index (κ3) is 4.67. The molecule has 0 saturated heterocycles. The molecule has 136 valence electrons. The summed E-state index contributed by atoms with van der Waals surface area (Å²) in [4.78, 5) is 34.1. The molecule has 0 bridgehead atoms. The molecule has 2 amide bonds. The lowest BCUT2D eigenvalue weighted by molar-refractivity contribution is -0.384. The number of hydrazine groups is 1. The number of amides is 2. The summed E-state index contributed by atoms with van der Waals surface area (Å²) in [5, 5.41) is 10.7. The molecule has 8 nitrogen and oxygen atoms in total. The Labute approximate surface area is 152 Å². The van der Waals surface area contributed by atoms with Gasteiger partial charge >= 0.3 is 0 Å². The summed E-state index contributed by atoms with van der Waals surface area (Å²) in [6, 6.07) is 8.84. The van der Waals surface area contributed by atoms with Crippen LogP contribution < -0.4 is 15.6 Å².